The number of hydrogen-bond acceptors (Lipinski definition) is 3. The van der Waals surface area contributed by atoms with Crippen molar-refractivity contribution in [3.05, 3.63) is 72.5 Å². The molecule has 5 nitrogen and oxygen atoms in total. The van der Waals surface area contributed by atoms with Gasteiger partial charge in [-0.25, -0.2) is 0 Å². The first-order valence-corrected chi connectivity index (χ1v) is 8.52. The quantitative estimate of drug-likeness (QED) is 0.644. The van der Waals surface area contributed by atoms with Crippen LogP contribution in [0.25, 0.3) is 10.8 Å². The van der Waals surface area contributed by atoms with E-state index in [4.69, 9.17) is 0 Å². The second kappa shape index (κ2) is 8.25. The van der Waals surface area contributed by atoms with Gasteiger partial charge in [0.2, 0.25) is 11.8 Å². The van der Waals surface area contributed by atoms with Crippen LogP contribution >= 0.6 is 0 Å². The summed E-state index contributed by atoms with van der Waals surface area (Å²) in [6.45, 7) is 0.792. The summed E-state index contributed by atoms with van der Waals surface area (Å²) in [5, 5.41) is 5.11. The second-order valence-corrected chi connectivity index (χ2v) is 6.14. The van der Waals surface area contributed by atoms with Crippen LogP contribution in [0.1, 0.15) is 12.0 Å². The van der Waals surface area contributed by atoms with E-state index in [0.29, 0.717) is 19.5 Å². The molecule has 1 aliphatic heterocycles. The van der Waals surface area contributed by atoms with Crippen molar-refractivity contribution in [1.29, 1.82) is 0 Å². The Morgan fingerprint density at radius 3 is 2.69 bits per heavy atom. The normalized spacial score (nSPS) is 14.4. The molecule has 1 N–H and O–H groups in total. The Hall–Kier alpha value is -3.21. The molecule has 26 heavy (non-hydrogen) atoms. The minimum atomic E-state index is -0.206. The van der Waals surface area contributed by atoms with Crippen LogP contribution in [0.5, 0.6) is 0 Å². The van der Waals surface area contributed by atoms with E-state index in [2.05, 4.69) is 5.32 Å². The molecule has 1 heterocycles. The highest BCUT2D eigenvalue weighted by Gasteiger charge is 2.17. The van der Waals surface area contributed by atoms with Gasteiger partial charge in [0, 0.05) is 19.3 Å². The van der Waals surface area contributed by atoms with Gasteiger partial charge < -0.3 is 10.2 Å². The van der Waals surface area contributed by atoms with E-state index in [0.717, 1.165) is 16.3 Å². The lowest BCUT2D eigenvalue weighted by molar-refractivity contribution is -0.132. The summed E-state index contributed by atoms with van der Waals surface area (Å²) in [5.74, 6) is -0.428. The lowest BCUT2D eigenvalue weighted by Crippen LogP contribution is -2.31. The van der Waals surface area contributed by atoms with Crippen molar-refractivity contribution in [3.63, 3.8) is 0 Å². The first-order valence-electron chi connectivity index (χ1n) is 8.52. The van der Waals surface area contributed by atoms with Crippen LogP contribution in [0, 0.1) is 0 Å². The summed E-state index contributed by atoms with van der Waals surface area (Å²) < 4.78 is 0. The van der Waals surface area contributed by atoms with Crippen LogP contribution < -0.4 is 5.32 Å². The summed E-state index contributed by atoms with van der Waals surface area (Å²) in [6, 6.07) is 14.1. The van der Waals surface area contributed by atoms with Crippen molar-refractivity contribution in [2.75, 3.05) is 13.1 Å². The molecule has 1 aliphatic rings. The van der Waals surface area contributed by atoms with Gasteiger partial charge in [0.05, 0.1) is 12.8 Å². The smallest absolute Gasteiger partial charge is 0.234 e. The number of ketones is 1. The molecule has 0 fully saturated rings. The molecule has 3 rings (SSSR count). The Morgan fingerprint density at radius 2 is 1.88 bits per heavy atom. The van der Waals surface area contributed by atoms with Crippen molar-refractivity contribution in [3.8, 4) is 0 Å². The highest BCUT2D eigenvalue weighted by atomic mass is 16.2. The summed E-state index contributed by atoms with van der Waals surface area (Å²) >= 11 is 0. The Kier molecular flexibility index (Phi) is 5.59. The molecule has 0 radical (unpaired) electrons. The largest absolute Gasteiger partial charge is 0.352 e. The van der Waals surface area contributed by atoms with Crippen LogP contribution in [0.4, 0.5) is 0 Å². The highest BCUT2D eigenvalue weighted by Crippen LogP contribution is 2.15. The average Bonchev–Trinajstić information content (AvgIpc) is 2.63. The number of nitrogens with zero attached hydrogens (tertiary/aromatic N) is 1. The standard InChI is InChI=1S/C21H20N2O3/c24-19-9-12-23(21(26)15-19)11-4-3-10-22-20(25)14-16-7-8-17-5-1-2-6-18(17)13-16/h1-9,12-13H,10-11,14-15H2,(H,22,25)/b4-3-. The Morgan fingerprint density at radius 1 is 1.08 bits per heavy atom. The average molecular weight is 348 g/mol. The van der Waals surface area contributed by atoms with E-state index in [1.54, 1.807) is 12.2 Å². The van der Waals surface area contributed by atoms with Crippen molar-refractivity contribution in [1.82, 2.24) is 10.2 Å². The summed E-state index contributed by atoms with van der Waals surface area (Å²) in [7, 11) is 0. The maximum atomic E-state index is 12.0. The molecule has 0 saturated carbocycles. The number of benzene rings is 2. The number of amides is 2. The minimum absolute atomic E-state index is 0.0514. The summed E-state index contributed by atoms with van der Waals surface area (Å²) in [4.78, 5) is 36.2. The number of nitrogens with one attached hydrogen (secondary N) is 1. The van der Waals surface area contributed by atoms with Gasteiger partial charge in [-0.1, -0.05) is 54.6 Å². The van der Waals surface area contributed by atoms with Gasteiger partial charge in [0.1, 0.15) is 0 Å². The maximum Gasteiger partial charge on any atom is 0.234 e. The van der Waals surface area contributed by atoms with Crippen LogP contribution in [-0.2, 0) is 20.8 Å². The van der Waals surface area contributed by atoms with Crippen molar-refractivity contribution < 1.29 is 14.4 Å². The zero-order valence-corrected chi connectivity index (χ0v) is 14.4. The molecular formula is C21H20N2O3. The third-order valence-corrected chi connectivity index (χ3v) is 4.15. The zero-order valence-electron chi connectivity index (χ0n) is 14.4. The van der Waals surface area contributed by atoms with Crippen molar-refractivity contribution in [2.24, 2.45) is 0 Å². The molecule has 0 bridgehead atoms. The highest BCUT2D eigenvalue weighted by molar-refractivity contribution is 6.06. The number of allylic oxidation sites excluding steroid dienone is 1. The second-order valence-electron chi connectivity index (χ2n) is 6.14. The van der Waals surface area contributed by atoms with Crippen LogP contribution in [-0.4, -0.2) is 35.6 Å². The molecule has 0 unspecified atom stereocenters. The topological polar surface area (TPSA) is 66.5 Å². The van der Waals surface area contributed by atoms with Gasteiger partial charge >= 0.3 is 0 Å². The van der Waals surface area contributed by atoms with E-state index < -0.39 is 0 Å². The van der Waals surface area contributed by atoms with Crippen LogP contribution in [0.15, 0.2) is 66.9 Å². The number of carbonyl (C=O) groups is 3. The lowest BCUT2D eigenvalue weighted by Gasteiger charge is -2.18. The monoisotopic (exact) mass is 348 g/mol. The fraction of sp³-hybridized carbons (Fsp3) is 0.190. The first kappa shape index (κ1) is 17.6. The summed E-state index contributed by atoms with van der Waals surface area (Å²) in [6.07, 6.45) is 6.75. The number of hydrogen-bond donors (Lipinski definition) is 1. The maximum absolute atomic E-state index is 12.0. The molecule has 2 amide bonds. The van der Waals surface area contributed by atoms with Gasteiger partial charge in [0.15, 0.2) is 5.78 Å². The predicted octanol–water partition coefficient (Wildman–Crippen LogP) is 2.37. The minimum Gasteiger partial charge on any atom is -0.352 e. The van der Waals surface area contributed by atoms with Crippen molar-refractivity contribution >= 4 is 28.4 Å². The number of rotatable bonds is 6. The SMILES string of the molecule is O=C1C=CN(C/C=C\CNC(=O)Cc2ccc3ccccc3c2)C(=O)C1. The van der Waals surface area contributed by atoms with Gasteiger partial charge in [-0.2, -0.15) is 0 Å². The Balaban J connectivity index is 1.44. The van der Waals surface area contributed by atoms with Gasteiger partial charge in [-0.05, 0) is 22.4 Å². The van der Waals surface area contributed by atoms with E-state index in [-0.39, 0.29) is 24.0 Å². The fourth-order valence-electron chi connectivity index (χ4n) is 2.77. The molecule has 132 valence electrons. The lowest BCUT2D eigenvalue weighted by atomic mass is 10.1. The number of carbonyl (C=O) groups excluding carboxylic acids is 3. The van der Waals surface area contributed by atoms with E-state index >= 15 is 0 Å². The van der Waals surface area contributed by atoms with Gasteiger partial charge in [-0.15, -0.1) is 0 Å². The molecule has 0 aromatic heterocycles. The number of fused-ring (bicyclic) bond motifs is 1. The summed E-state index contributed by atoms with van der Waals surface area (Å²) in [5.41, 5.74) is 0.971. The molecule has 0 saturated heterocycles. The third kappa shape index (κ3) is 4.66. The fourth-order valence-corrected chi connectivity index (χ4v) is 2.77. The Labute approximate surface area is 152 Å². The van der Waals surface area contributed by atoms with E-state index in [1.807, 2.05) is 42.5 Å². The first-order chi connectivity index (χ1) is 12.6. The van der Waals surface area contributed by atoms with Crippen molar-refractivity contribution in [2.45, 2.75) is 12.8 Å². The molecular weight excluding hydrogens is 328 g/mol. The zero-order chi connectivity index (χ0) is 18.4. The van der Waals surface area contributed by atoms with Crippen LogP contribution in [0.3, 0.4) is 0 Å². The van der Waals surface area contributed by atoms with Gasteiger partial charge in [0.25, 0.3) is 0 Å². The molecule has 0 atom stereocenters. The Bertz CT molecular complexity index is 899. The van der Waals surface area contributed by atoms with E-state index in [9.17, 15) is 14.4 Å². The molecule has 5 heteroatoms. The van der Waals surface area contributed by atoms with E-state index in [1.165, 1.54) is 17.2 Å². The van der Waals surface area contributed by atoms with Crippen LogP contribution in [0.2, 0.25) is 0 Å². The van der Waals surface area contributed by atoms with Gasteiger partial charge in [-0.3, -0.25) is 14.4 Å². The molecule has 0 spiro atoms. The third-order valence-electron chi connectivity index (χ3n) is 4.15. The predicted molar refractivity (Wildman–Crippen MR) is 100 cm³/mol. The molecule has 0 aliphatic carbocycles. The molecule has 2 aromatic rings. The molecule has 2 aromatic carbocycles.